The van der Waals surface area contributed by atoms with E-state index < -0.39 is 0 Å². The molecule has 0 saturated heterocycles. The summed E-state index contributed by atoms with van der Waals surface area (Å²) in [4.78, 5) is 11.7. The molecule has 16 heavy (non-hydrogen) atoms. The molecule has 1 aromatic carbocycles. The van der Waals surface area contributed by atoms with Crippen molar-refractivity contribution in [3.63, 3.8) is 0 Å². The molecule has 0 aliphatic rings. The van der Waals surface area contributed by atoms with Gasteiger partial charge in [0.05, 0.1) is 0 Å². The maximum absolute atomic E-state index is 11.7. The van der Waals surface area contributed by atoms with Gasteiger partial charge in [0.25, 0.3) is 0 Å². The molecule has 82 valence electrons. The van der Waals surface area contributed by atoms with Crippen molar-refractivity contribution in [2.24, 2.45) is 0 Å². The summed E-state index contributed by atoms with van der Waals surface area (Å²) in [6, 6.07) is 13.1. The summed E-state index contributed by atoms with van der Waals surface area (Å²) in [7, 11) is 0. The van der Waals surface area contributed by atoms with Crippen molar-refractivity contribution in [3.05, 3.63) is 59.0 Å². The van der Waals surface area contributed by atoms with Crippen LogP contribution in [-0.2, 0) is 6.42 Å². The Morgan fingerprint density at radius 3 is 2.50 bits per heavy atom. The first-order chi connectivity index (χ1) is 7.75. The Morgan fingerprint density at radius 1 is 1.12 bits per heavy atom. The zero-order valence-corrected chi connectivity index (χ0v) is 9.41. The number of benzene rings is 1. The van der Waals surface area contributed by atoms with Gasteiger partial charge in [-0.25, -0.2) is 0 Å². The highest BCUT2D eigenvalue weighted by molar-refractivity contribution is 6.29. The van der Waals surface area contributed by atoms with Crippen LogP contribution in [0.15, 0.2) is 46.9 Å². The van der Waals surface area contributed by atoms with Crippen molar-refractivity contribution in [2.75, 3.05) is 0 Å². The van der Waals surface area contributed by atoms with Crippen molar-refractivity contribution >= 4 is 17.4 Å². The van der Waals surface area contributed by atoms with Crippen molar-refractivity contribution in [2.45, 2.75) is 12.8 Å². The minimum absolute atomic E-state index is 0.0178. The minimum Gasteiger partial charge on any atom is -0.442 e. The van der Waals surface area contributed by atoms with E-state index in [0.717, 1.165) is 12.0 Å². The number of hydrogen-bond acceptors (Lipinski definition) is 2. The number of aryl methyl sites for hydroxylation is 1. The second kappa shape index (κ2) is 4.99. The van der Waals surface area contributed by atoms with Gasteiger partial charge in [0.15, 0.2) is 16.8 Å². The number of rotatable bonds is 4. The van der Waals surface area contributed by atoms with Crippen LogP contribution in [0.5, 0.6) is 0 Å². The van der Waals surface area contributed by atoms with E-state index in [1.807, 2.05) is 30.3 Å². The number of carbonyl (C=O) groups is 1. The molecule has 0 amide bonds. The standard InChI is InChI=1S/C13H11ClO2/c14-13-9-8-12(16-13)11(15)7-6-10-4-2-1-3-5-10/h1-5,8-9H,6-7H2. The normalized spacial score (nSPS) is 10.3. The lowest BCUT2D eigenvalue weighted by molar-refractivity contribution is 0.0956. The van der Waals surface area contributed by atoms with Crippen molar-refractivity contribution in [1.82, 2.24) is 0 Å². The van der Waals surface area contributed by atoms with E-state index >= 15 is 0 Å². The summed E-state index contributed by atoms with van der Waals surface area (Å²) >= 11 is 5.60. The molecule has 2 aromatic rings. The van der Waals surface area contributed by atoms with Crippen LogP contribution in [0.25, 0.3) is 0 Å². The number of hydrogen-bond donors (Lipinski definition) is 0. The van der Waals surface area contributed by atoms with Crippen LogP contribution in [0.3, 0.4) is 0 Å². The van der Waals surface area contributed by atoms with Gasteiger partial charge < -0.3 is 4.42 Å². The van der Waals surface area contributed by atoms with Crippen LogP contribution in [-0.4, -0.2) is 5.78 Å². The first-order valence-electron chi connectivity index (χ1n) is 5.08. The average Bonchev–Trinajstić information content (AvgIpc) is 2.74. The highest BCUT2D eigenvalue weighted by atomic mass is 35.5. The molecule has 0 saturated carbocycles. The summed E-state index contributed by atoms with van der Waals surface area (Å²) in [5, 5.41) is 0.253. The Hall–Kier alpha value is -1.54. The monoisotopic (exact) mass is 234 g/mol. The van der Waals surface area contributed by atoms with Gasteiger partial charge in [-0.15, -0.1) is 0 Å². The summed E-state index contributed by atoms with van der Waals surface area (Å²) in [6.07, 6.45) is 1.16. The highest BCUT2D eigenvalue weighted by Gasteiger charge is 2.10. The molecule has 1 aromatic heterocycles. The lowest BCUT2D eigenvalue weighted by Gasteiger charge is -1.98. The lowest BCUT2D eigenvalue weighted by atomic mass is 10.1. The SMILES string of the molecule is O=C(CCc1ccccc1)c1ccc(Cl)o1. The molecule has 0 bridgehead atoms. The van der Waals surface area contributed by atoms with Gasteiger partial charge in [0.1, 0.15) is 0 Å². The quantitative estimate of drug-likeness (QED) is 0.755. The molecule has 3 heteroatoms. The number of ketones is 1. The topological polar surface area (TPSA) is 30.2 Å². The van der Waals surface area contributed by atoms with Crippen LogP contribution >= 0.6 is 11.6 Å². The number of carbonyl (C=O) groups excluding carboxylic acids is 1. The third-order valence-electron chi connectivity index (χ3n) is 2.33. The van der Waals surface area contributed by atoms with Gasteiger partial charge in [0, 0.05) is 6.42 Å². The molecule has 0 unspecified atom stereocenters. The third kappa shape index (κ3) is 2.74. The Bertz CT molecular complexity index is 474. The Morgan fingerprint density at radius 2 is 1.88 bits per heavy atom. The molecule has 0 aliphatic carbocycles. The second-order valence-electron chi connectivity index (χ2n) is 3.51. The molecule has 0 fully saturated rings. The summed E-state index contributed by atoms with van der Waals surface area (Å²) in [6.45, 7) is 0. The molecule has 2 rings (SSSR count). The van der Waals surface area contributed by atoms with Crippen LogP contribution in [0.2, 0.25) is 5.22 Å². The largest absolute Gasteiger partial charge is 0.442 e. The predicted octanol–water partition coefficient (Wildman–Crippen LogP) is 3.75. The van der Waals surface area contributed by atoms with Crippen molar-refractivity contribution in [1.29, 1.82) is 0 Å². The predicted molar refractivity (Wildman–Crippen MR) is 62.8 cm³/mol. The highest BCUT2D eigenvalue weighted by Crippen LogP contribution is 2.15. The maximum Gasteiger partial charge on any atom is 0.198 e. The fraction of sp³-hybridized carbons (Fsp3) is 0.154. The van der Waals surface area contributed by atoms with Gasteiger partial charge in [-0.05, 0) is 35.7 Å². The zero-order valence-electron chi connectivity index (χ0n) is 8.65. The van der Waals surface area contributed by atoms with E-state index in [9.17, 15) is 4.79 Å². The molecule has 0 N–H and O–H groups in total. The van der Waals surface area contributed by atoms with Crippen molar-refractivity contribution in [3.8, 4) is 0 Å². The van der Waals surface area contributed by atoms with E-state index in [-0.39, 0.29) is 11.0 Å². The van der Waals surface area contributed by atoms with Gasteiger partial charge >= 0.3 is 0 Å². The second-order valence-corrected chi connectivity index (χ2v) is 3.89. The summed E-state index contributed by atoms with van der Waals surface area (Å²) < 4.78 is 5.05. The van der Waals surface area contributed by atoms with E-state index in [1.165, 1.54) is 0 Å². The first kappa shape index (κ1) is 11.0. The van der Waals surface area contributed by atoms with E-state index in [1.54, 1.807) is 12.1 Å². The smallest absolute Gasteiger partial charge is 0.198 e. The number of Topliss-reactive ketones (excluding diaryl/α,β-unsaturated/α-hetero) is 1. The molecular weight excluding hydrogens is 224 g/mol. The van der Waals surface area contributed by atoms with Crippen LogP contribution in [0.1, 0.15) is 22.5 Å². The lowest BCUT2D eigenvalue weighted by Crippen LogP contribution is -1.99. The Balaban J connectivity index is 1.94. The number of halogens is 1. The Labute approximate surface area is 98.8 Å². The van der Waals surface area contributed by atoms with Gasteiger partial charge in [-0.2, -0.15) is 0 Å². The van der Waals surface area contributed by atoms with Crippen LogP contribution in [0, 0.1) is 0 Å². The molecule has 0 spiro atoms. The molecule has 1 heterocycles. The Kier molecular flexibility index (Phi) is 3.42. The van der Waals surface area contributed by atoms with E-state index in [2.05, 4.69) is 0 Å². The molecular formula is C13H11ClO2. The van der Waals surface area contributed by atoms with Crippen LogP contribution in [0.4, 0.5) is 0 Å². The zero-order chi connectivity index (χ0) is 11.4. The molecule has 0 radical (unpaired) electrons. The van der Waals surface area contributed by atoms with Crippen LogP contribution < -0.4 is 0 Å². The fourth-order valence-corrected chi connectivity index (χ4v) is 1.64. The van der Waals surface area contributed by atoms with Gasteiger partial charge in [-0.1, -0.05) is 30.3 Å². The third-order valence-corrected chi connectivity index (χ3v) is 2.53. The summed E-state index contributed by atoms with van der Waals surface area (Å²) in [5.41, 5.74) is 1.15. The fourth-order valence-electron chi connectivity index (χ4n) is 1.49. The molecule has 2 nitrogen and oxygen atoms in total. The number of furan rings is 1. The maximum atomic E-state index is 11.7. The molecule has 0 atom stereocenters. The summed E-state index contributed by atoms with van der Waals surface area (Å²) in [5.74, 6) is 0.316. The minimum atomic E-state index is -0.0178. The van der Waals surface area contributed by atoms with E-state index in [4.69, 9.17) is 16.0 Å². The van der Waals surface area contributed by atoms with E-state index in [0.29, 0.717) is 12.2 Å². The van der Waals surface area contributed by atoms with Gasteiger partial charge in [-0.3, -0.25) is 4.79 Å². The van der Waals surface area contributed by atoms with Gasteiger partial charge in [0.2, 0.25) is 0 Å². The average molecular weight is 235 g/mol. The first-order valence-corrected chi connectivity index (χ1v) is 5.46. The van der Waals surface area contributed by atoms with Crippen molar-refractivity contribution < 1.29 is 9.21 Å². The molecule has 0 aliphatic heterocycles.